The molecule has 5 aromatic carbocycles. The molecule has 7 rings (SSSR count). The molecule has 1 fully saturated rings. The summed E-state index contributed by atoms with van der Waals surface area (Å²) in [7, 11) is 1.67. The van der Waals surface area contributed by atoms with Crippen molar-refractivity contribution in [1.82, 2.24) is 0 Å². The Kier molecular flexibility index (Phi) is 14.2. The van der Waals surface area contributed by atoms with Crippen molar-refractivity contribution in [2.24, 2.45) is 0 Å². The van der Waals surface area contributed by atoms with Crippen LogP contribution in [-0.2, 0) is 56.5 Å². The van der Waals surface area contributed by atoms with Gasteiger partial charge in [0.25, 0.3) is 0 Å². The van der Waals surface area contributed by atoms with E-state index in [2.05, 4.69) is 12.1 Å². The molecule has 0 radical (unpaired) electrons. The zero-order valence-corrected chi connectivity index (χ0v) is 32.7. The smallest absolute Gasteiger partial charge is 0.229 e. The molecular formula is C46H48O7S2. The third kappa shape index (κ3) is 10.5. The van der Waals surface area contributed by atoms with E-state index in [1.807, 2.05) is 133 Å². The van der Waals surface area contributed by atoms with E-state index >= 15 is 0 Å². The van der Waals surface area contributed by atoms with Crippen molar-refractivity contribution < 1.29 is 33.5 Å². The standard InChI is InChI=1S/C46H48O7S2/c1-48-39-24-22-34(23-25-39)28-41-45(55-27-26-54-41)46(47)44(52-32-38-20-12-5-13-21-38)43(51-31-37-18-10-4-11-19-37)42(50-30-36-16-8-3-9-17-36)40(53-46)33-49-29-35-14-6-2-7-15-35/h2-25,40,42-44,47H,26-33H2,1H3/t40-,42-,43+,44+,46-/m1/s1. The van der Waals surface area contributed by atoms with Crippen molar-refractivity contribution in [3.8, 4) is 5.75 Å². The number of ether oxygens (including phenoxy) is 6. The molecule has 0 saturated carbocycles. The normalized spacial score (nSPS) is 22.7. The van der Waals surface area contributed by atoms with Crippen LogP contribution in [0, 0.1) is 0 Å². The molecule has 0 aliphatic carbocycles. The number of hydrogen-bond acceptors (Lipinski definition) is 9. The van der Waals surface area contributed by atoms with Crippen molar-refractivity contribution >= 4 is 23.5 Å². The Morgan fingerprint density at radius 3 is 1.62 bits per heavy atom. The predicted molar refractivity (Wildman–Crippen MR) is 220 cm³/mol. The summed E-state index contributed by atoms with van der Waals surface area (Å²) in [4.78, 5) is 1.77. The topological polar surface area (TPSA) is 75.6 Å². The minimum Gasteiger partial charge on any atom is -0.497 e. The van der Waals surface area contributed by atoms with Gasteiger partial charge in [0.2, 0.25) is 5.79 Å². The van der Waals surface area contributed by atoms with E-state index in [-0.39, 0.29) is 19.8 Å². The van der Waals surface area contributed by atoms with Crippen LogP contribution in [0.3, 0.4) is 0 Å². The highest BCUT2D eigenvalue weighted by Gasteiger charge is 2.59. The maximum Gasteiger partial charge on any atom is 0.229 e. The van der Waals surface area contributed by atoms with E-state index in [4.69, 9.17) is 28.4 Å². The highest BCUT2D eigenvalue weighted by molar-refractivity contribution is 8.10. The van der Waals surface area contributed by atoms with E-state index in [1.54, 1.807) is 30.6 Å². The Morgan fingerprint density at radius 2 is 1.07 bits per heavy atom. The fourth-order valence-corrected chi connectivity index (χ4v) is 9.47. The second-order valence-electron chi connectivity index (χ2n) is 13.6. The van der Waals surface area contributed by atoms with Gasteiger partial charge in [-0.05, 0) is 39.9 Å². The summed E-state index contributed by atoms with van der Waals surface area (Å²) >= 11 is 3.37. The van der Waals surface area contributed by atoms with Gasteiger partial charge in [-0.25, -0.2) is 0 Å². The van der Waals surface area contributed by atoms with Crippen LogP contribution in [-0.4, -0.2) is 60.5 Å². The van der Waals surface area contributed by atoms with E-state index in [9.17, 15) is 5.11 Å². The second kappa shape index (κ2) is 19.8. The first kappa shape index (κ1) is 39.3. The minimum absolute atomic E-state index is 0.159. The molecule has 2 aliphatic rings. The summed E-state index contributed by atoms with van der Waals surface area (Å²) in [5, 5.41) is 13.4. The summed E-state index contributed by atoms with van der Waals surface area (Å²) in [6, 6.07) is 48.2. The lowest BCUT2D eigenvalue weighted by Crippen LogP contribution is -2.67. The predicted octanol–water partition coefficient (Wildman–Crippen LogP) is 8.99. The number of aliphatic hydroxyl groups is 1. The molecule has 5 aromatic rings. The van der Waals surface area contributed by atoms with Crippen molar-refractivity contribution in [3.63, 3.8) is 0 Å². The molecule has 1 N–H and O–H groups in total. The zero-order valence-electron chi connectivity index (χ0n) is 31.0. The van der Waals surface area contributed by atoms with Gasteiger partial charge in [0.05, 0.1) is 45.0 Å². The largest absolute Gasteiger partial charge is 0.497 e. The highest BCUT2D eigenvalue weighted by Crippen LogP contribution is 2.49. The molecule has 1 saturated heterocycles. The molecule has 9 heteroatoms. The number of rotatable bonds is 17. The quantitative estimate of drug-likeness (QED) is 0.0997. The molecule has 5 atom stereocenters. The van der Waals surface area contributed by atoms with Gasteiger partial charge >= 0.3 is 0 Å². The fraction of sp³-hybridized carbons (Fsp3) is 0.304. The molecule has 7 nitrogen and oxygen atoms in total. The van der Waals surface area contributed by atoms with Gasteiger partial charge in [-0.1, -0.05) is 133 Å². The first-order valence-electron chi connectivity index (χ1n) is 18.7. The van der Waals surface area contributed by atoms with Gasteiger partial charge in [0.1, 0.15) is 30.2 Å². The molecule has 0 bridgehead atoms. The third-order valence-corrected chi connectivity index (χ3v) is 12.4. The summed E-state index contributed by atoms with van der Waals surface area (Å²) in [6.07, 6.45) is -2.47. The highest BCUT2D eigenvalue weighted by atomic mass is 32.2. The van der Waals surface area contributed by atoms with E-state index < -0.39 is 30.2 Å². The monoisotopic (exact) mass is 776 g/mol. The molecule has 2 aliphatic heterocycles. The lowest BCUT2D eigenvalue weighted by atomic mass is 9.90. The van der Waals surface area contributed by atoms with Crippen molar-refractivity contribution in [2.45, 2.75) is 63.1 Å². The van der Waals surface area contributed by atoms with Crippen LogP contribution in [0.2, 0.25) is 0 Å². The summed E-state index contributed by atoms with van der Waals surface area (Å²) in [5.41, 5.74) is 5.13. The number of benzene rings is 5. The Balaban J connectivity index is 1.29. The van der Waals surface area contributed by atoms with Crippen LogP contribution in [0.15, 0.2) is 155 Å². The molecule has 0 amide bonds. The van der Waals surface area contributed by atoms with Crippen LogP contribution >= 0.6 is 23.5 Å². The fourth-order valence-electron chi connectivity index (χ4n) is 6.85. The van der Waals surface area contributed by atoms with Gasteiger partial charge in [-0.2, -0.15) is 0 Å². The van der Waals surface area contributed by atoms with Crippen LogP contribution in [0.5, 0.6) is 5.75 Å². The van der Waals surface area contributed by atoms with Crippen molar-refractivity contribution in [1.29, 1.82) is 0 Å². The minimum atomic E-state index is -1.89. The SMILES string of the molecule is COc1ccc(CC2=C([C@]3(O)O[C@H](COCc4ccccc4)[C@@H](OCc4ccccc4)[C@H](OCc4ccccc4)[C@@H]3OCc3ccccc3)SCCS2)cc1. The van der Waals surface area contributed by atoms with Gasteiger partial charge in [0, 0.05) is 22.8 Å². The Bertz CT molecular complexity index is 1910. The van der Waals surface area contributed by atoms with E-state index in [1.165, 1.54) is 0 Å². The van der Waals surface area contributed by atoms with Gasteiger partial charge in [0.15, 0.2) is 0 Å². The Hall–Kier alpha value is -3.90. The summed E-state index contributed by atoms with van der Waals surface area (Å²) in [6.45, 7) is 1.38. The van der Waals surface area contributed by atoms with Gasteiger partial charge in [-0.3, -0.25) is 0 Å². The van der Waals surface area contributed by atoms with E-state index in [0.29, 0.717) is 19.6 Å². The van der Waals surface area contributed by atoms with E-state index in [0.717, 1.165) is 54.9 Å². The lowest BCUT2D eigenvalue weighted by molar-refractivity contribution is -0.353. The molecule has 55 heavy (non-hydrogen) atoms. The third-order valence-electron chi connectivity index (χ3n) is 9.65. The number of allylic oxidation sites excluding steroid dienone is 1. The maximum absolute atomic E-state index is 13.4. The first-order chi connectivity index (χ1) is 27.1. The van der Waals surface area contributed by atoms with Crippen LogP contribution in [0.4, 0.5) is 0 Å². The maximum atomic E-state index is 13.4. The average Bonchev–Trinajstić information content (AvgIpc) is 3.24. The summed E-state index contributed by atoms with van der Waals surface area (Å²) in [5.74, 6) is 0.627. The van der Waals surface area contributed by atoms with Crippen LogP contribution in [0.25, 0.3) is 0 Å². The number of thioether (sulfide) groups is 2. The second-order valence-corrected chi connectivity index (χ2v) is 15.9. The van der Waals surface area contributed by atoms with Gasteiger partial charge < -0.3 is 33.5 Å². The van der Waals surface area contributed by atoms with Crippen LogP contribution < -0.4 is 4.74 Å². The van der Waals surface area contributed by atoms with Crippen LogP contribution in [0.1, 0.15) is 27.8 Å². The first-order valence-corrected chi connectivity index (χ1v) is 20.7. The summed E-state index contributed by atoms with van der Waals surface area (Å²) < 4.78 is 39.5. The molecule has 286 valence electrons. The van der Waals surface area contributed by atoms with Crippen molar-refractivity contribution in [3.05, 3.63) is 183 Å². The zero-order chi connectivity index (χ0) is 37.7. The Morgan fingerprint density at radius 1 is 0.582 bits per heavy atom. The molecule has 0 unspecified atom stereocenters. The van der Waals surface area contributed by atoms with Crippen molar-refractivity contribution in [2.75, 3.05) is 25.2 Å². The number of hydrogen-bond donors (Lipinski definition) is 1. The number of methoxy groups -OCH3 is 1. The molecule has 2 heterocycles. The molecule has 0 aromatic heterocycles. The molecular weight excluding hydrogens is 729 g/mol. The average molecular weight is 777 g/mol. The lowest BCUT2D eigenvalue weighted by Gasteiger charge is -2.51. The Labute approximate surface area is 333 Å². The molecule has 0 spiro atoms. The van der Waals surface area contributed by atoms with Gasteiger partial charge in [-0.15, -0.1) is 23.5 Å².